The van der Waals surface area contributed by atoms with Crippen molar-refractivity contribution in [2.24, 2.45) is 0 Å². The van der Waals surface area contributed by atoms with Crippen LogP contribution in [-0.4, -0.2) is 46.1 Å². The van der Waals surface area contributed by atoms with Crippen molar-refractivity contribution in [2.75, 3.05) is 13.7 Å². The fraction of sp³-hybridized carbons (Fsp3) is 0.318. The van der Waals surface area contributed by atoms with Gasteiger partial charge in [0.15, 0.2) is 0 Å². The van der Waals surface area contributed by atoms with Gasteiger partial charge in [-0.2, -0.15) is 0 Å². The number of aromatic nitrogens is 2. The highest BCUT2D eigenvalue weighted by Crippen LogP contribution is 2.28. The van der Waals surface area contributed by atoms with Crippen LogP contribution in [0.1, 0.15) is 39.4 Å². The third-order valence-electron chi connectivity index (χ3n) is 5.62. The molecule has 3 aromatic rings. The van der Waals surface area contributed by atoms with Crippen LogP contribution in [-0.2, 0) is 17.8 Å². The van der Waals surface area contributed by atoms with Crippen LogP contribution in [0, 0.1) is 0 Å². The van der Waals surface area contributed by atoms with Gasteiger partial charge < -0.3 is 14.0 Å². The van der Waals surface area contributed by atoms with E-state index in [-0.39, 0.29) is 24.5 Å². The van der Waals surface area contributed by atoms with Crippen molar-refractivity contribution in [3.8, 4) is 5.75 Å². The SMILES string of the molecule is COc1ccc2nc(CN3C(=O)c4ccccc4C3=O)n(CC3CCCO3)c2c1. The van der Waals surface area contributed by atoms with Crippen LogP contribution in [0.4, 0.5) is 0 Å². The molecule has 1 atom stereocenters. The zero-order chi connectivity index (χ0) is 20.0. The van der Waals surface area contributed by atoms with Gasteiger partial charge in [-0.25, -0.2) is 4.98 Å². The van der Waals surface area contributed by atoms with Gasteiger partial charge in [-0.3, -0.25) is 14.5 Å². The van der Waals surface area contributed by atoms with E-state index in [4.69, 9.17) is 14.5 Å². The van der Waals surface area contributed by atoms with Crippen molar-refractivity contribution >= 4 is 22.8 Å². The average Bonchev–Trinajstić information content (AvgIpc) is 3.44. The normalized spacial score (nSPS) is 18.7. The molecule has 1 fully saturated rings. The number of rotatable bonds is 5. The van der Waals surface area contributed by atoms with Gasteiger partial charge >= 0.3 is 0 Å². The van der Waals surface area contributed by atoms with E-state index < -0.39 is 0 Å². The summed E-state index contributed by atoms with van der Waals surface area (Å²) in [6, 6.07) is 12.6. The van der Waals surface area contributed by atoms with Crippen LogP contribution in [0.3, 0.4) is 0 Å². The molecule has 2 aliphatic rings. The molecule has 148 valence electrons. The summed E-state index contributed by atoms with van der Waals surface area (Å²) in [6.45, 7) is 1.51. The molecule has 7 heteroatoms. The van der Waals surface area contributed by atoms with Crippen molar-refractivity contribution in [3.63, 3.8) is 0 Å². The largest absolute Gasteiger partial charge is 0.497 e. The number of carbonyl (C=O) groups excluding carboxylic acids is 2. The molecule has 2 amide bonds. The van der Waals surface area contributed by atoms with E-state index in [9.17, 15) is 9.59 Å². The first-order chi connectivity index (χ1) is 14.2. The fourth-order valence-corrected chi connectivity index (χ4v) is 4.12. The van der Waals surface area contributed by atoms with Crippen LogP contribution >= 0.6 is 0 Å². The molecule has 0 aliphatic carbocycles. The summed E-state index contributed by atoms with van der Waals surface area (Å²) >= 11 is 0. The zero-order valence-corrected chi connectivity index (χ0v) is 16.1. The Hall–Kier alpha value is -3.19. The second-order valence-electron chi connectivity index (χ2n) is 7.37. The molecular formula is C22H21N3O4. The highest BCUT2D eigenvalue weighted by atomic mass is 16.5. The topological polar surface area (TPSA) is 73.7 Å². The molecule has 7 nitrogen and oxygen atoms in total. The highest BCUT2D eigenvalue weighted by Gasteiger charge is 2.36. The summed E-state index contributed by atoms with van der Waals surface area (Å²) in [4.78, 5) is 31.6. The maximum absolute atomic E-state index is 12.8. The van der Waals surface area contributed by atoms with Crippen LogP contribution in [0.15, 0.2) is 42.5 Å². The molecule has 1 aromatic heterocycles. The van der Waals surface area contributed by atoms with Crippen molar-refractivity contribution in [3.05, 3.63) is 59.4 Å². The van der Waals surface area contributed by atoms with Gasteiger partial charge in [0, 0.05) is 12.7 Å². The van der Waals surface area contributed by atoms with E-state index in [2.05, 4.69) is 4.57 Å². The average molecular weight is 391 g/mol. The van der Waals surface area contributed by atoms with Crippen LogP contribution < -0.4 is 4.74 Å². The van der Waals surface area contributed by atoms with E-state index in [1.807, 2.05) is 18.2 Å². The van der Waals surface area contributed by atoms with Gasteiger partial charge in [-0.05, 0) is 37.1 Å². The minimum absolute atomic E-state index is 0.0968. The predicted octanol–water partition coefficient (Wildman–Crippen LogP) is 3.02. The summed E-state index contributed by atoms with van der Waals surface area (Å²) in [7, 11) is 1.63. The highest BCUT2D eigenvalue weighted by molar-refractivity contribution is 6.21. The van der Waals surface area contributed by atoms with Gasteiger partial charge in [-0.15, -0.1) is 0 Å². The lowest BCUT2D eigenvalue weighted by Gasteiger charge is -2.17. The standard InChI is InChI=1S/C22H21N3O4/c1-28-14-8-9-18-19(11-14)24(12-15-5-4-10-29-15)20(23-18)13-25-21(26)16-6-2-3-7-17(16)22(25)27/h2-3,6-9,11,15H,4-5,10,12-13H2,1H3. The lowest BCUT2D eigenvalue weighted by atomic mass is 10.1. The summed E-state index contributed by atoms with van der Waals surface area (Å²) in [5.41, 5.74) is 2.60. The van der Waals surface area contributed by atoms with Gasteiger partial charge in [0.25, 0.3) is 11.8 Å². The molecule has 1 saturated heterocycles. The molecule has 29 heavy (non-hydrogen) atoms. The summed E-state index contributed by atoms with van der Waals surface area (Å²) in [5.74, 6) is 0.842. The van der Waals surface area contributed by atoms with Crippen molar-refractivity contribution in [1.29, 1.82) is 0 Å². The maximum atomic E-state index is 12.8. The van der Waals surface area contributed by atoms with Crippen molar-refractivity contribution in [1.82, 2.24) is 14.5 Å². The molecule has 2 aliphatic heterocycles. The first kappa shape index (κ1) is 17.9. The minimum atomic E-state index is -0.279. The Kier molecular flexibility index (Phi) is 4.32. The molecule has 5 rings (SSSR count). The van der Waals surface area contributed by atoms with E-state index in [0.29, 0.717) is 23.5 Å². The Balaban J connectivity index is 1.54. The molecule has 0 bridgehead atoms. The van der Waals surface area contributed by atoms with E-state index in [1.54, 1.807) is 31.4 Å². The number of hydrogen-bond donors (Lipinski definition) is 0. The fourth-order valence-electron chi connectivity index (χ4n) is 4.12. The van der Waals surface area contributed by atoms with Crippen LogP contribution in [0.2, 0.25) is 0 Å². The number of amides is 2. The lowest BCUT2D eigenvalue weighted by Crippen LogP contribution is -2.31. The third-order valence-corrected chi connectivity index (χ3v) is 5.62. The number of imide groups is 1. The molecular weight excluding hydrogens is 370 g/mol. The minimum Gasteiger partial charge on any atom is -0.497 e. The van der Waals surface area contributed by atoms with Crippen molar-refractivity contribution < 1.29 is 19.1 Å². The second kappa shape index (κ2) is 7.00. The van der Waals surface area contributed by atoms with Gasteiger partial charge in [-0.1, -0.05) is 12.1 Å². The van der Waals surface area contributed by atoms with Crippen LogP contribution in [0.25, 0.3) is 11.0 Å². The molecule has 0 N–H and O–H groups in total. The summed E-state index contributed by atoms with van der Waals surface area (Å²) in [5, 5.41) is 0. The molecule has 0 spiro atoms. The number of methoxy groups -OCH3 is 1. The van der Waals surface area contributed by atoms with Crippen molar-refractivity contribution in [2.45, 2.75) is 32.0 Å². The quantitative estimate of drug-likeness (QED) is 0.625. The Morgan fingerprint density at radius 1 is 1.14 bits per heavy atom. The number of imidazole rings is 1. The first-order valence-corrected chi connectivity index (χ1v) is 9.75. The predicted molar refractivity (Wildman–Crippen MR) is 106 cm³/mol. The number of hydrogen-bond acceptors (Lipinski definition) is 5. The number of ether oxygens (including phenoxy) is 2. The van der Waals surface area contributed by atoms with Gasteiger partial charge in [0.1, 0.15) is 11.6 Å². The smallest absolute Gasteiger partial charge is 0.261 e. The number of nitrogens with zero attached hydrogens (tertiary/aromatic N) is 3. The monoisotopic (exact) mass is 391 g/mol. The summed E-state index contributed by atoms with van der Waals surface area (Å²) < 4.78 is 13.3. The first-order valence-electron chi connectivity index (χ1n) is 9.75. The maximum Gasteiger partial charge on any atom is 0.261 e. The van der Waals surface area contributed by atoms with Gasteiger partial charge in [0.05, 0.1) is 48.5 Å². The summed E-state index contributed by atoms with van der Waals surface area (Å²) in [6.07, 6.45) is 2.12. The van der Waals surface area contributed by atoms with E-state index in [0.717, 1.165) is 36.2 Å². The second-order valence-corrected chi connectivity index (χ2v) is 7.37. The molecule has 3 heterocycles. The Labute approximate surface area is 167 Å². The zero-order valence-electron chi connectivity index (χ0n) is 16.1. The molecule has 0 saturated carbocycles. The number of benzene rings is 2. The lowest BCUT2D eigenvalue weighted by molar-refractivity contribution is 0.0633. The third kappa shape index (κ3) is 2.98. The van der Waals surface area contributed by atoms with Gasteiger partial charge in [0.2, 0.25) is 0 Å². The Bertz CT molecular complexity index is 1080. The Morgan fingerprint density at radius 3 is 2.55 bits per heavy atom. The van der Waals surface area contributed by atoms with E-state index in [1.165, 1.54) is 4.90 Å². The van der Waals surface area contributed by atoms with E-state index >= 15 is 0 Å². The molecule has 0 radical (unpaired) electrons. The Morgan fingerprint density at radius 2 is 1.90 bits per heavy atom. The van der Waals surface area contributed by atoms with Crippen LogP contribution in [0.5, 0.6) is 5.75 Å². The molecule has 1 unspecified atom stereocenters. The molecule has 2 aromatic carbocycles. The number of fused-ring (bicyclic) bond motifs is 2. The number of carbonyl (C=O) groups is 2.